The van der Waals surface area contributed by atoms with Crippen molar-refractivity contribution >= 4 is 44.6 Å². The molecule has 0 radical (unpaired) electrons. The fourth-order valence-corrected chi connectivity index (χ4v) is 3.68. The summed E-state index contributed by atoms with van der Waals surface area (Å²) in [6, 6.07) is 15.2. The van der Waals surface area contributed by atoms with Crippen LogP contribution in [-0.4, -0.2) is 30.3 Å². The van der Waals surface area contributed by atoms with Gasteiger partial charge in [0.2, 0.25) is 0 Å². The van der Waals surface area contributed by atoms with Gasteiger partial charge >= 0.3 is 0 Å². The predicted octanol–water partition coefficient (Wildman–Crippen LogP) is 3.65. The Morgan fingerprint density at radius 1 is 1.04 bits per heavy atom. The summed E-state index contributed by atoms with van der Waals surface area (Å²) >= 11 is 1.67. The van der Waals surface area contributed by atoms with Crippen molar-refractivity contribution in [3.8, 4) is 0 Å². The van der Waals surface area contributed by atoms with E-state index in [9.17, 15) is 9.59 Å². The molecule has 2 amide bonds. The van der Waals surface area contributed by atoms with E-state index in [2.05, 4.69) is 0 Å². The number of carbonyl (C=O) groups excluding carboxylic acids is 2. The zero-order chi connectivity index (χ0) is 16.0. The van der Waals surface area contributed by atoms with Crippen LogP contribution >= 0.6 is 11.3 Å². The Kier molecular flexibility index (Phi) is 3.16. The van der Waals surface area contributed by atoms with E-state index in [1.165, 1.54) is 9.60 Å². The first kappa shape index (κ1) is 14.0. The average Bonchev–Trinajstić information content (AvgIpc) is 2.99. The number of hydrogen-bond donors (Lipinski definition) is 0. The third-order valence-electron chi connectivity index (χ3n) is 4.04. The number of para-hydroxylation sites is 1. The highest BCUT2D eigenvalue weighted by molar-refractivity contribution is 7.17. The van der Waals surface area contributed by atoms with Gasteiger partial charge in [0.1, 0.15) is 6.54 Å². The van der Waals surface area contributed by atoms with Crippen LogP contribution < -0.4 is 4.90 Å². The monoisotopic (exact) mass is 322 g/mol. The number of rotatable bonds is 1. The number of thiophene rings is 1. The van der Waals surface area contributed by atoms with Gasteiger partial charge in [-0.15, -0.1) is 11.3 Å². The standard InChI is InChI=1S/C18H14N2O2S/c1-19-11-17(21)20(15-5-3-2-4-14(15)18(19)22)13-6-7-16-12(10-13)8-9-23-16/h2-10H,11H2,1H3. The maximum atomic E-state index is 12.7. The van der Waals surface area contributed by atoms with Gasteiger partial charge in [-0.1, -0.05) is 12.1 Å². The molecule has 3 aromatic rings. The molecule has 0 unspecified atom stereocenters. The summed E-state index contributed by atoms with van der Waals surface area (Å²) in [6.07, 6.45) is 0. The van der Waals surface area contributed by atoms with Crippen molar-refractivity contribution in [3.05, 3.63) is 59.5 Å². The molecule has 0 spiro atoms. The topological polar surface area (TPSA) is 40.6 Å². The lowest BCUT2D eigenvalue weighted by atomic mass is 10.1. The molecule has 1 aliphatic rings. The van der Waals surface area contributed by atoms with Gasteiger partial charge in [-0.3, -0.25) is 14.5 Å². The van der Waals surface area contributed by atoms with Crippen LogP contribution in [0, 0.1) is 0 Å². The minimum Gasteiger partial charge on any atom is -0.332 e. The Morgan fingerprint density at radius 2 is 1.87 bits per heavy atom. The van der Waals surface area contributed by atoms with Gasteiger partial charge < -0.3 is 4.90 Å². The summed E-state index contributed by atoms with van der Waals surface area (Å²) < 4.78 is 1.18. The summed E-state index contributed by atoms with van der Waals surface area (Å²) in [7, 11) is 1.66. The number of benzene rings is 2. The van der Waals surface area contributed by atoms with E-state index < -0.39 is 0 Å². The number of carbonyl (C=O) groups is 2. The predicted molar refractivity (Wildman–Crippen MR) is 92.4 cm³/mol. The smallest absolute Gasteiger partial charge is 0.256 e. The minimum atomic E-state index is -0.131. The van der Waals surface area contributed by atoms with Crippen molar-refractivity contribution in [2.45, 2.75) is 0 Å². The molecule has 1 aromatic heterocycles. The molecule has 0 fully saturated rings. The van der Waals surface area contributed by atoms with Crippen molar-refractivity contribution in [1.29, 1.82) is 0 Å². The quantitative estimate of drug-likeness (QED) is 0.686. The van der Waals surface area contributed by atoms with E-state index in [-0.39, 0.29) is 18.4 Å². The van der Waals surface area contributed by atoms with Crippen molar-refractivity contribution in [2.24, 2.45) is 0 Å². The largest absolute Gasteiger partial charge is 0.332 e. The Bertz CT molecular complexity index is 931. The summed E-state index contributed by atoms with van der Waals surface area (Å²) in [4.78, 5) is 28.3. The molecule has 0 bridgehead atoms. The number of anilines is 2. The number of likely N-dealkylation sites (N-methyl/N-ethyl adjacent to an activating group) is 1. The minimum absolute atomic E-state index is 0.0647. The molecule has 5 heteroatoms. The Balaban J connectivity index is 1.93. The molecule has 0 N–H and O–H groups in total. The Hall–Kier alpha value is -2.66. The molecule has 0 saturated heterocycles. The molecular formula is C18H14N2O2S. The number of hydrogen-bond acceptors (Lipinski definition) is 3. The molecule has 4 rings (SSSR count). The zero-order valence-corrected chi connectivity index (χ0v) is 13.3. The van der Waals surface area contributed by atoms with Crippen molar-refractivity contribution in [3.63, 3.8) is 0 Å². The molecule has 2 aromatic carbocycles. The third kappa shape index (κ3) is 2.21. The molecule has 0 aliphatic carbocycles. The van der Waals surface area contributed by atoms with Crippen molar-refractivity contribution in [2.75, 3.05) is 18.5 Å². The molecule has 1 aliphatic heterocycles. The second-order valence-electron chi connectivity index (χ2n) is 5.55. The molecule has 0 saturated carbocycles. The molecule has 0 atom stereocenters. The number of fused-ring (bicyclic) bond motifs is 2. The van der Waals surface area contributed by atoms with Crippen LogP contribution in [0.2, 0.25) is 0 Å². The SMILES string of the molecule is CN1CC(=O)N(c2ccc3sccc3c2)c2ccccc2C1=O. The fraction of sp³-hybridized carbons (Fsp3) is 0.111. The second-order valence-corrected chi connectivity index (χ2v) is 6.50. The highest BCUT2D eigenvalue weighted by Crippen LogP contribution is 2.34. The summed E-state index contributed by atoms with van der Waals surface area (Å²) in [5, 5.41) is 3.13. The van der Waals surface area contributed by atoms with Gasteiger partial charge in [0.25, 0.3) is 11.8 Å². The van der Waals surface area contributed by atoms with Crippen LogP contribution in [0.5, 0.6) is 0 Å². The lowest BCUT2D eigenvalue weighted by molar-refractivity contribution is -0.118. The first-order valence-corrected chi connectivity index (χ1v) is 8.18. The lowest BCUT2D eigenvalue weighted by Crippen LogP contribution is -2.34. The van der Waals surface area contributed by atoms with E-state index in [0.717, 1.165) is 11.1 Å². The zero-order valence-electron chi connectivity index (χ0n) is 12.5. The summed E-state index contributed by atoms with van der Waals surface area (Å²) in [5.74, 6) is -0.242. The maximum absolute atomic E-state index is 12.7. The van der Waals surface area contributed by atoms with Crippen molar-refractivity contribution in [1.82, 2.24) is 4.90 Å². The van der Waals surface area contributed by atoms with E-state index >= 15 is 0 Å². The fourth-order valence-electron chi connectivity index (χ4n) is 2.91. The lowest BCUT2D eigenvalue weighted by Gasteiger charge is -2.22. The normalized spacial score (nSPS) is 15.0. The first-order valence-electron chi connectivity index (χ1n) is 7.30. The van der Waals surface area contributed by atoms with Crippen LogP contribution in [0.4, 0.5) is 11.4 Å². The highest BCUT2D eigenvalue weighted by Gasteiger charge is 2.30. The van der Waals surface area contributed by atoms with Crippen LogP contribution in [0.25, 0.3) is 10.1 Å². The van der Waals surface area contributed by atoms with Gasteiger partial charge in [0.05, 0.1) is 11.3 Å². The summed E-state index contributed by atoms with van der Waals surface area (Å²) in [5.41, 5.74) is 1.98. The van der Waals surface area contributed by atoms with E-state index in [1.807, 2.05) is 47.8 Å². The van der Waals surface area contributed by atoms with Gasteiger partial charge in [0.15, 0.2) is 0 Å². The Morgan fingerprint density at radius 3 is 2.74 bits per heavy atom. The molecule has 23 heavy (non-hydrogen) atoms. The third-order valence-corrected chi connectivity index (χ3v) is 4.94. The second kappa shape index (κ2) is 5.21. The van der Waals surface area contributed by atoms with Crippen LogP contribution in [-0.2, 0) is 4.79 Å². The van der Waals surface area contributed by atoms with E-state index in [1.54, 1.807) is 29.4 Å². The van der Waals surface area contributed by atoms with Gasteiger partial charge in [-0.05, 0) is 47.2 Å². The van der Waals surface area contributed by atoms with Crippen LogP contribution in [0.1, 0.15) is 10.4 Å². The first-order chi connectivity index (χ1) is 11.1. The maximum Gasteiger partial charge on any atom is 0.256 e. The van der Waals surface area contributed by atoms with E-state index in [0.29, 0.717) is 11.3 Å². The average molecular weight is 322 g/mol. The van der Waals surface area contributed by atoms with Gasteiger partial charge in [0, 0.05) is 17.4 Å². The molecular weight excluding hydrogens is 308 g/mol. The highest BCUT2D eigenvalue weighted by atomic mass is 32.1. The van der Waals surface area contributed by atoms with Gasteiger partial charge in [-0.2, -0.15) is 0 Å². The molecule has 2 heterocycles. The Labute approximate surface area is 137 Å². The summed E-state index contributed by atoms with van der Waals surface area (Å²) in [6.45, 7) is 0.0647. The number of amides is 2. The molecule has 114 valence electrons. The van der Waals surface area contributed by atoms with Crippen LogP contribution in [0.15, 0.2) is 53.9 Å². The van der Waals surface area contributed by atoms with Crippen LogP contribution in [0.3, 0.4) is 0 Å². The van der Waals surface area contributed by atoms with Gasteiger partial charge in [-0.25, -0.2) is 0 Å². The number of nitrogens with zero attached hydrogens (tertiary/aromatic N) is 2. The van der Waals surface area contributed by atoms with E-state index in [4.69, 9.17) is 0 Å². The molecule has 4 nitrogen and oxygen atoms in total. The van der Waals surface area contributed by atoms with Crippen molar-refractivity contribution < 1.29 is 9.59 Å².